The van der Waals surface area contributed by atoms with Gasteiger partial charge < -0.3 is 9.30 Å². The Kier molecular flexibility index (Phi) is 6.66. The summed E-state index contributed by atoms with van der Waals surface area (Å²) in [6.07, 6.45) is 3.98. The predicted octanol–water partition coefficient (Wildman–Crippen LogP) is 7.08. The van der Waals surface area contributed by atoms with Crippen LogP contribution in [0.2, 0.25) is 0 Å². The van der Waals surface area contributed by atoms with Gasteiger partial charge in [0, 0.05) is 12.1 Å². The van der Waals surface area contributed by atoms with E-state index in [-0.39, 0.29) is 5.97 Å². The van der Waals surface area contributed by atoms with Gasteiger partial charge in [0.25, 0.3) is 0 Å². The van der Waals surface area contributed by atoms with Gasteiger partial charge in [-0.05, 0) is 36.6 Å². The van der Waals surface area contributed by atoms with E-state index in [1.54, 1.807) is 0 Å². The summed E-state index contributed by atoms with van der Waals surface area (Å²) in [5, 5.41) is 0. The van der Waals surface area contributed by atoms with E-state index in [1.165, 1.54) is 5.56 Å². The average molecular weight is 422 g/mol. The van der Waals surface area contributed by atoms with Gasteiger partial charge in [0.05, 0.1) is 23.6 Å². The maximum atomic E-state index is 13.3. The molecular formula is C29H27NO2. The minimum atomic E-state index is -0.302. The number of hydrogen-bond acceptors (Lipinski definition) is 2. The third-order valence-electron chi connectivity index (χ3n) is 5.40. The van der Waals surface area contributed by atoms with Gasteiger partial charge in [-0.1, -0.05) is 97.1 Å². The van der Waals surface area contributed by atoms with Crippen molar-refractivity contribution < 1.29 is 9.53 Å². The van der Waals surface area contributed by atoms with E-state index in [0.29, 0.717) is 18.7 Å². The minimum absolute atomic E-state index is 0.302. The number of ether oxygens (including phenoxy) is 1. The van der Waals surface area contributed by atoms with Crippen molar-refractivity contribution in [2.24, 2.45) is 0 Å². The molecule has 160 valence electrons. The fraction of sp³-hybridized carbons (Fsp3) is 0.138. The number of esters is 1. The summed E-state index contributed by atoms with van der Waals surface area (Å²) in [5.41, 5.74) is 6.59. The number of hydrogen-bond donors (Lipinski definition) is 0. The Morgan fingerprint density at radius 2 is 1.41 bits per heavy atom. The lowest BCUT2D eigenvalue weighted by molar-refractivity contribution is 0.0527. The van der Waals surface area contributed by atoms with E-state index >= 15 is 0 Å². The molecule has 0 unspecified atom stereocenters. The van der Waals surface area contributed by atoms with Crippen molar-refractivity contribution in [1.29, 1.82) is 0 Å². The first-order chi connectivity index (χ1) is 15.7. The summed E-state index contributed by atoms with van der Waals surface area (Å²) in [4.78, 5) is 13.3. The van der Waals surface area contributed by atoms with E-state index in [0.717, 1.165) is 28.1 Å². The second-order valence-corrected chi connectivity index (χ2v) is 7.51. The third kappa shape index (κ3) is 4.28. The molecule has 0 radical (unpaired) electrons. The lowest BCUT2D eigenvalue weighted by Gasteiger charge is -2.14. The molecule has 0 aliphatic heterocycles. The van der Waals surface area contributed by atoms with Crippen molar-refractivity contribution in [3.8, 4) is 22.4 Å². The SMILES string of the molecule is C/C=C/c1c(C(=O)OCC)c(-c2ccccc2)c(-c2ccccc2)n1Cc1ccccc1. The predicted molar refractivity (Wildman–Crippen MR) is 132 cm³/mol. The molecule has 0 N–H and O–H groups in total. The van der Waals surface area contributed by atoms with Gasteiger partial charge in [-0.2, -0.15) is 0 Å². The lowest BCUT2D eigenvalue weighted by Crippen LogP contribution is -2.09. The molecule has 1 heterocycles. The van der Waals surface area contributed by atoms with Crippen LogP contribution in [-0.2, 0) is 11.3 Å². The number of allylic oxidation sites excluding steroid dienone is 1. The highest BCUT2D eigenvalue weighted by Crippen LogP contribution is 2.41. The molecule has 0 aliphatic rings. The van der Waals surface area contributed by atoms with Gasteiger partial charge >= 0.3 is 5.97 Å². The molecule has 32 heavy (non-hydrogen) atoms. The Labute approximate surface area is 189 Å². The quantitative estimate of drug-likeness (QED) is 0.299. The molecule has 0 spiro atoms. The highest BCUT2D eigenvalue weighted by Gasteiger charge is 2.28. The van der Waals surface area contributed by atoms with Crippen LogP contribution in [0.5, 0.6) is 0 Å². The number of aromatic nitrogens is 1. The van der Waals surface area contributed by atoms with Crippen LogP contribution in [0, 0.1) is 0 Å². The molecule has 0 saturated heterocycles. The van der Waals surface area contributed by atoms with Crippen LogP contribution in [0.1, 0.15) is 35.5 Å². The van der Waals surface area contributed by atoms with Crippen LogP contribution in [0.25, 0.3) is 28.5 Å². The van der Waals surface area contributed by atoms with Crippen molar-refractivity contribution in [2.45, 2.75) is 20.4 Å². The molecule has 0 fully saturated rings. The van der Waals surface area contributed by atoms with E-state index in [4.69, 9.17) is 4.74 Å². The molecule has 0 saturated carbocycles. The topological polar surface area (TPSA) is 31.2 Å². The zero-order valence-electron chi connectivity index (χ0n) is 18.5. The lowest BCUT2D eigenvalue weighted by atomic mass is 9.96. The smallest absolute Gasteiger partial charge is 0.340 e. The molecule has 3 aromatic carbocycles. The zero-order chi connectivity index (χ0) is 22.3. The molecule has 4 rings (SSSR count). The van der Waals surface area contributed by atoms with Crippen LogP contribution >= 0.6 is 0 Å². The fourth-order valence-electron chi connectivity index (χ4n) is 4.09. The Balaban J connectivity index is 2.10. The summed E-state index contributed by atoms with van der Waals surface area (Å²) in [6.45, 7) is 4.78. The first-order valence-corrected chi connectivity index (χ1v) is 11.0. The van der Waals surface area contributed by atoms with Gasteiger partial charge in [0.2, 0.25) is 0 Å². The number of nitrogens with zero attached hydrogens (tertiary/aromatic N) is 1. The highest BCUT2D eigenvalue weighted by atomic mass is 16.5. The van der Waals surface area contributed by atoms with Crippen LogP contribution in [0.4, 0.5) is 0 Å². The highest BCUT2D eigenvalue weighted by molar-refractivity contribution is 6.05. The average Bonchev–Trinajstić information content (AvgIpc) is 3.15. The number of carbonyl (C=O) groups is 1. The molecule has 0 amide bonds. The Morgan fingerprint density at radius 1 is 0.844 bits per heavy atom. The number of carbonyl (C=O) groups excluding carboxylic acids is 1. The Morgan fingerprint density at radius 3 is 1.97 bits per heavy atom. The molecule has 3 nitrogen and oxygen atoms in total. The second-order valence-electron chi connectivity index (χ2n) is 7.51. The van der Waals surface area contributed by atoms with Gasteiger partial charge in [0.15, 0.2) is 0 Å². The van der Waals surface area contributed by atoms with Crippen LogP contribution in [-0.4, -0.2) is 17.1 Å². The largest absolute Gasteiger partial charge is 0.462 e. The second kappa shape index (κ2) is 9.97. The van der Waals surface area contributed by atoms with Crippen molar-refractivity contribution in [1.82, 2.24) is 4.57 Å². The van der Waals surface area contributed by atoms with Crippen molar-refractivity contribution in [3.05, 3.63) is 114 Å². The number of benzene rings is 3. The molecule has 3 heteroatoms. The Hall–Kier alpha value is -3.85. The van der Waals surface area contributed by atoms with E-state index in [9.17, 15) is 4.79 Å². The van der Waals surface area contributed by atoms with Crippen LogP contribution in [0.15, 0.2) is 97.1 Å². The third-order valence-corrected chi connectivity index (χ3v) is 5.40. The van der Waals surface area contributed by atoms with Crippen molar-refractivity contribution in [3.63, 3.8) is 0 Å². The summed E-state index contributed by atoms with van der Waals surface area (Å²) >= 11 is 0. The van der Waals surface area contributed by atoms with E-state index in [1.807, 2.05) is 80.6 Å². The van der Waals surface area contributed by atoms with Crippen LogP contribution < -0.4 is 0 Å². The van der Waals surface area contributed by atoms with Crippen LogP contribution in [0.3, 0.4) is 0 Å². The number of rotatable bonds is 7. The standard InChI is InChI=1S/C29H27NO2/c1-3-14-25-27(29(31)32-4-2)26(23-17-10-6-11-18-23)28(24-19-12-7-13-20-24)30(25)21-22-15-8-5-9-16-22/h3,5-20H,4,21H2,1-2H3/b14-3+. The normalized spacial score (nSPS) is 11.1. The molecule has 0 atom stereocenters. The molecule has 0 bridgehead atoms. The van der Waals surface area contributed by atoms with Gasteiger partial charge in [-0.3, -0.25) is 0 Å². The molecule has 1 aromatic heterocycles. The maximum absolute atomic E-state index is 13.3. The van der Waals surface area contributed by atoms with Crippen molar-refractivity contribution >= 4 is 12.0 Å². The van der Waals surface area contributed by atoms with E-state index < -0.39 is 0 Å². The minimum Gasteiger partial charge on any atom is -0.462 e. The van der Waals surface area contributed by atoms with Gasteiger partial charge in [-0.25, -0.2) is 4.79 Å². The van der Waals surface area contributed by atoms with E-state index in [2.05, 4.69) is 41.0 Å². The van der Waals surface area contributed by atoms with Crippen molar-refractivity contribution in [2.75, 3.05) is 6.61 Å². The maximum Gasteiger partial charge on any atom is 0.340 e. The molecule has 4 aromatic rings. The summed E-state index contributed by atoms with van der Waals surface area (Å²) in [5.74, 6) is -0.302. The molecule has 0 aliphatic carbocycles. The van der Waals surface area contributed by atoms with Gasteiger partial charge in [0.1, 0.15) is 0 Å². The summed E-state index contributed by atoms with van der Waals surface area (Å²) in [7, 11) is 0. The Bertz CT molecular complexity index is 1210. The first kappa shape index (κ1) is 21.4. The van der Waals surface area contributed by atoms with Gasteiger partial charge in [-0.15, -0.1) is 0 Å². The summed E-state index contributed by atoms with van der Waals surface area (Å²) in [6, 6.07) is 30.7. The zero-order valence-corrected chi connectivity index (χ0v) is 18.5. The first-order valence-electron chi connectivity index (χ1n) is 11.0. The monoisotopic (exact) mass is 421 g/mol. The fourth-order valence-corrected chi connectivity index (χ4v) is 4.09. The molecular weight excluding hydrogens is 394 g/mol. The summed E-state index contributed by atoms with van der Waals surface area (Å²) < 4.78 is 7.78.